The van der Waals surface area contributed by atoms with Gasteiger partial charge in [-0.05, 0) is 70.7 Å². The minimum Gasteiger partial charge on any atom is -0.460 e. The Morgan fingerprint density at radius 3 is 2.76 bits per heavy atom. The third-order valence-corrected chi connectivity index (χ3v) is 6.03. The maximum absolute atomic E-state index is 12.6. The Balaban J connectivity index is 1.69. The first-order valence-corrected chi connectivity index (χ1v) is 11.4. The normalized spacial score (nSPS) is 18.8. The highest BCUT2D eigenvalue weighted by molar-refractivity contribution is 5.80. The molecule has 8 heteroatoms. The lowest BCUT2D eigenvalue weighted by molar-refractivity contribution is -0.161. The number of aryl methyl sites for hydroxylation is 1. The van der Waals surface area contributed by atoms with Gasteiger partial charge in [-0.3, -0.25) is 9.78 Å². The van der Waals surface area contributed by atoms with Crippen molar-refractivity contribution in [3.8, 4) is 17.5 Å². The van der Waals surface area contributed by atoms with Crippen molar-refractivity contribution in [1.82, 2.24) is 19.6 Å². The van der Waals surface area contributed by atoms with Gasteiger partial charge in [-0.25, -0.2) is 9.50 Å². The Labute approximate surface area is 194 Å². The van der Waals surface area contributed by atoms with Crippen molar-refractivity contribution < 1.29 is 9.53 Å². The SMILES string of the molecule is CCc1cc(-c2cc(C#N)ccn2)n2ncnc(N3CC[C@H](C(=O)OC(C)(C)C)C[C@@H]3C)c12. The van der Waals surface area contributed by atoms with Gasteiger partial charge in [0.1, 0.15) is 17.4 Å². The van der Waals surface area contributed by atoms with Crippen molar-refractivity contribution in [2.24, 2.45) is 5.92 Å². The molecule has 33 heavy (non-hydrogen) atoms. The Morgan fingerprint density at radius 1 is 1.30 bits per heavy atom. The van der Waals surface area contributed by atoms with Crippen LogP contribution in [0.3, 0.4) is 0 Å². The fourth-order valence-electron chi connectivity index (χ4n) is 4.49. The molecule has 4 rings (SSSR count). The molecule has 0 aromatic carbocycles. The van der Waals surface area contributed by atoms with Crippen molar-refractivity contribution in [1.29, 1.82) is 5.26 Å². The minimum absolute atomic E-state index is 0.112. The summed E-state index contributed by atoms with van der Waals surface area (Å²) in [4.78, 5) is 24.0. The van der Waals surface area contributed by atoms with E-state index in [2.05, 4.69) is 45.9 Å². The Morgan fingerprint density at radius 2 is 2.09 bits per heavy atom. The molecular formula is C25H30N6O2. The van der Waals surface area contributed by atoms with Crippen LogP contribution in [0.5, 0.6) is 0 Å². The van der Waals surface area contributed by atoms with Crippen molar-refractivity contribution in [3.05, 3.63) is 41.9 Å². The number of esters is 1. The quantitative estimate of drug-likeness (QED) is 0.555. The number of piperidine rings is 1. The predicted octanol–water partition coefficient (Wildman–Crippen LogP) is 4.17. The second-order valence-corrected chi connectivity index (χ2v) is 9.59. The molecule has 0 radical (unpaired) electrons. The van der Waals surface area contributed by atoms with E-state index < -0.39 is 5.60 Å². The summed E-state index contributed by atoms with van der Waals surface area (Å²) in [5.41, 5.74) is 3.67. The van der Waals surface area contributed by atoms with E-state index in [4.69, 9.17) is 4.74 Å². The van der Waals surface area contributed by atoms with E-state index in [9.17, 15) is 10.1 Å². The molecule has 0 aliphatic carbocycles. The van der Waals surface area contributed by atoms with E-state index >= 15 is 0 Å². The second-order valence-electron chi connectivity index (χ2n) is 9.59. The first-order valence-electron chi connectivity index (χ1n) is 11.4. The average Bonchev–Trinajstić information content (AvgIpc) is 3.17. The van der Waals surface area contributed by atoms with Gasteiger partial charge < -0.3 is 9.64 Å². The molecule has 0 amide bonds. The Kier molecular flexibility index (Phi) is 6.07. The number of ether oxygens (including phenoxy) is 1. The lowest BCUT2D eigenvalue weighted by Crippen LogP contribution is -2.44. The van der Waals surface area contributed by atoms with Crippen molar-refractivity contribution >= 4 is 17.3 Å². The largest absolute Gasteiger partial charge is 0.460 e. The number of nitriles is 1. The van der Waals surface area contributed by atoms with Crippen LogP contribution < -0.4 is 4.90 Å². The molecule has 1 aliphatic rings. The number of hydrogen-bond acceptors (Lipinski definition) is 7. The van der Waals surface area contributed by atoms with Crippen LogP contribution in [-0.4, -0.2) is 43.7 Å². The van der Waals surface area contributed by atoms with Gasteiger partial charge in [-0.1, -0.05) is 6.92 Å². The van der Waals surface area contributed by atoms with Crippen LogP contribution in [0, 0.1) is 17.2 Å². The molecule has 0 saturated carbocycles. The first-order chi connectivity index (χ1) is 15.7. The number of aromatic nitrogens is 4. The van der Waals surface area contributed by atoms with E-state index in [1.807, 2.05) is 25.3 Å². The monoisotopic (exact) mass is 446 g/mol. The zero-order valence-corrected chi connectivity index (χ0v) is 19.9. The summed E-state index contributed by atoms with van der Waals surface area (Å²) in [7, 11) is 0. The van der Waals surface area contributed by atoms with Gasteiger partial charge in [0.15, 0.2) is 5.82 Å². The lowest BCUT2D eigenvalue weighted by Gasteiger charge is -2.38. The van der Waals surface area contributed by atoms with Crippen LogP contribution >= 0.6 is 0 Å². The molecule has 3 aromatic rings. The summed E-state index contributed by atoms with van der Waals surface area (Å²) < 4.78 is 7.50. The highest BCUT2D eigenvalue weighted by Crippen LogP contribution is 2.34. The number of anilines is 1. The molecule has 3 aromatic heterocycles. The van der Waals surface area contributed by atoms with E-state index in [0.717, 1.165) is 35.4 Å². The number of fused-ring (bicyclic) bond motifs is 1. The van der Waals surface area contributed by atoms with E-state index in [-0.39, 0.29) is 17.9 Å². The molecule has 1 fully saturated rings. The molecule has 0 spiro atoms. The number of pyridine rings is 1. The van der Waals surface area contributed by atoms with E-state index in [0.29, 0.717) is 24.2 Å². The van der Waals surface area contributed by atoms with Gasteiger partial charge in [-0.15, -0.1) is 0 Å². The standard InChI is InChI=1S/C25H30N6O2/c1-6-18-13-21(20-12-17(14-26)7-9-27-20)31-22(18)23(28-15-29-31)30-10-8-19(11-16(30)2)24(32)33-25(3,4)5/h7,9,12-13,15-16,19H,6,8,10-11H2,1-5H3/t16-,19-/m0/s1. The maximum atomic E-state index is 12.6. The lowest BCUT2D eigenvalue weighted by atomic mass is 9.91. The Hall–Kier alpha value is -3.47. The van der Waals surface area contributed by atoms with Gasteiger partial charge >= 0.3 is 5.97 Å². The molecule has 1 saturated heterocycles. The molecule has 1 aliphatic heterocycles. The predicted molar refractivity (Wildman–Crippen MR) is 126 cm³/mol. The molecule has 172 valence electrons. The topological polar surface area (TPSA) is 96.4 Å². The third kappa shape index (κ3) is 4.54. The first kappa shape index (κ1) is 22.7. The highest BCUT2D eigenvalue weighted by atomic mass is 16.6. The summed E-state index contributed by atoms with van der Waals surface area (Å²) in [6.07, 6.45) is 5.45. The smallest absolute Gasteiger partial charge is 0.309 e. The number of carbonyl (C=O) groups excluding carboxylic acids is 1. The van der Waals surface area contributed by atoms with Crippen LogP contribution in [0.15, 0.2) is 30.7 Å². The number of nitrogens with zero attached hydrogens (tertiary/aromatic N) is 6. The molecule has 4 heterocycles. The molecule has 0 N–H and O–H groups in total. The van der Waals surface area contributed by atoms with Crippen LogP contribution in [0.1, 0.15) is 58.6 Å². The van der Waals surface area contributed by atoms with Gasteiger partial charge in [0.05, 0.1) is 28.9 Å². The summed E-state index contributed by atoms with van der Waals surface area (Å²) in [5, 5.41) is 13.8. The fraction of sp³-hybridized carbons (Fsp3) is 0.480. The molecule has 2 atom stereocenters. The molecule has 0 bridgehead atoms. The average molecular weight is 447 g/mol. The summed E-state index contributed by atoms with van der Waals surface area (Å²) in [6, 6.07) is 7.84. The van der Waals surface area contributed by atoms with Crippen molar-refractivity contribution in [3.63, 3.8) is 0 Å². The van der Waals surface area contributed by atoms with Gasteiger partial charge in [-0.2, -0.15) is 10.4 Å². The van der Waals surface area contributed by atoms with Crippen LogP contribution in [-0.2, 0) is 16.0 Å². The minimum atomic E-state index is -0.481. The number of hydrogen-bond donors (Lipinski definition) is 0. The summed E-state index contributed by atoms with van der Waals surface area (Å²) in [6.45, 7) is 10.6. The molecule has 0 unspecified atom stereocenters. The zero-order chi connectivity index (χ0) is 23.8. The maximum Gasteiger partial charge on any atom is 0.309 e. The Bertz CT molecular complexity index is 1220. The van der Waals surface area contributed by atoms with E-state index in [1.165, 1.54) is 0 Å². The van der Waals surface area contributed by atoms with Gasteiger partial charge in [0.25, 0.3) is 0 Å². The zero-order valence-electron chi connectivity index (χ0n) is 19.9. The fourth-order valence-corrected chi connectivity index (χ4v) is 4.49. The van der Waals surface area contributed by atoms with Crippen molar-refractivity contribution in [2.45, 2.75) is 65.5 Å². The summed E-state index contributed by atoms with van der Waals surface area (Å²) in [5.74, 6) is 0.628. The van der Waals surface area contributed by atoms with Gasteiger partial charge in [0.2, 0.25) is 0 Å². The number of rotatable bonds is 4. The van der Waals surface area contributed by atoms with Crippen LogP contribution in [0.25, 0.3) is 16.9 Å². The summed E-state index contributed by atoms with van der Waals surface area (Å²) >= 11 is 0. The number of carbonyl (C=O) groups is 1. The van der Waals surface area contributed by atoms with Gasteiger partial charge in [0, 0.05) is 18.8 Å². The van der Waals surface area contributed by atoms with Crippen LogP contribution in [0.4, 0.5) is 5.82 Å². The highest BCUT2D eigenvalue weighted by Gasteiger charge is 2.34. The molecular weight excluding hydrogens is 416 g/mol. The van der Waals surface area contributed by atoms with E-state index in [1.54, 1.807) is 24.7 Å². The third-order valence-electron chi connectivity index (χ3n) is 6.03. The molecule has 8 nitrogen and oxygen atoms in total. The van der Waals surface area contributed by atoms with Crippen molar-refractivity contribution in [2.75, 3.05) is 11.4 Å². The van der Waals surface area contributed by atoms with Crippen LogP contribution in [0.2, 0.25) is 0 Å². The second kappa shape index (κ2) is 8.81.